The molecule has 48 heavy (non-hydrogen) atoms. The number of halogens is 2. The molecule has 6 aromatic rings. The summed E-state index contributed by atoms with van der Waals surface area (Å²) >= 11 is 1.27. The van der Waals surface area contributed by atoms with Crippen LogP contribution in [0.2, 0.25) is 0 Å². The first-order valence-corrected chi connectivity index (χ1v) is 23.9. The minimum absolute atomic E-state index is 0. The average Bonchev–Trinajstić information content (AvgIpc) is 3.61. The van der Waals surface area contributed by atoms with Crippen LogP contribution in [0, 0.1) is 13.8 Å². The Labute approximate surface area is 318 Å². The molecule has 0 spiro atoms. The van der Waals surface area contributed by atoms with Crippen LogP contribution in [-0.2, 0) is 23.0 Å². The van der Waals surface area contributed by atoms with Gasteiger partial charge in [-0.05, 0) is 23.7 Å². The summed E-state index contributed by atoms with van der Waals surface area (Å²) in [5.41, 5.74) is 8.25. The van der Waals surface area contributed by atoms with Crippen molar-refractivity contribution in [2.45, 2.75) is 92.9 Å². The summed E-state index contributed by atoms with van der Waals surface area (Å²) in [4.78, 5) is 0. The number of hydrogen-bond acceptors (Lipinski definition) is 0. The number of rotatable bonds is 6. The normalized spacial score (nSPS) is 10.8. The second-order valence-electron chi connectivity index (χ2n) is 14.0. The molecule has 252 valence electrons. The van der Waals surface area contributed by atoms with Crippen LogP contribution in [0.15, 0.2) is 109 Å². The number of fused-ring (bicyclic) bond motifs is 2. The summed E-state index contributed by atoms with van der Waals surface area (Å²) in [5.74, 6) is 2.42. The van der Waals surface area contributed by atoms with E-state index >= 15 is 0 Å². The van der Waals surface area contributed by atoms with Crippen molar-refractivity contribution in [1.29, 1.82) is 0 Å². The summed E-state index contributed by atoms with van der Waals surface area (Å²) in [7, 11) is 0. The van der Waals surface area contributed by atoms with Crippen molar-refractivity contribution >= 4 is 37.4 Å². The third-order valence-corrected chi connectivity index (χ3v) is 16.8. The van der Waals surface area contributed by atoms with Crippen LogP contribution in [0.25, 0.3) is 21.5 Å². The summed E-state index contributed by atoms with van der Waals surface area (Å²) in [5, 5.41) is 8.78. The molecule has 0 saturated heterocycles. The van der Waals surface area contributed by atoms with Gasteiger partial charge in [-0.2, -0.15) is 12.1 Å². The Morgan fingerprint density at radius 2 is 0.812 bits per heavy atom. The van der Waals surface area contributed by atoms with E-state index in [0.717, 1.165) is 0 Å². The van der Waals surface area contributed by atoms with Crippen LogP contribution >= 0.6 is 0 Å². The summed E-state index contributed by atoms with van der Waals surface area (Å²) in [6.07, 6.45) is 0. The van der Waals surface area contributed by atoms with Crippen LogP contribution in [0.3, 0.4) is 0 Å². The predicted molar refractivity (Wildman–Crippen MR) is 203 cm³/mol. The Balaban J connectivity index is 0.000000246. The Morgan fingerprint density at radius 3 is 1.10 bits per heavy atom. The molecule has 0 aliphatic rings. The van der Waals surface area contributed by atoms with Crippen molar-refractivity contribution in [3.63, 3.8) is 0 Å². The number of hydrogen-bond donors (Lipinski definition) is 0. The maximum absolute atomic E-state index is 2.39. The molecular formula is C44H52Cl2HfSi-2. The molecule has 0 heterocycles. The fourth-order valence-electron chi connectivity index (χ4n) is 6.05. The van der Waals surface area contributed by atoms with Crippen molar-refractivity contribution in [3.8, 4) is 0 Å². The third-order valence-electron chi connectivity index (χ3n) is 8.75. The van der Waals surface area contributed by atoms with Crippen LogP contribution < -0.4 is 35.2 Å². The average molecular weight is 858 g/mol. The van der Waals surface area contributed by atoms with Gasteiger partial charge in [0.05, 0.1) is 0 Å². The molecule has 6 rings (SSSR count). The first-order valence-electron chi connectivity index (χ1n) is 17.0. The molecule has 0 unspecified atom stereocenters. The molecule has 0 N–H and O–H groups in total. The van der Waals surface area contributed by atoms with Crippen molar-refractivity contribution in [1.82, 2.24) is 0 Å². The van der Waals surface area contributed by atoms with Gasteiger partial charge in [0.15, 0.2) is 0 Å². The number of aryl methyl sites for hydroxylation is 2. The summed E-state index contributed by atoms with van der Waals surface area (Å²) in [6, 6.07) is 40.5. The van der Waals surface area contributed by atoms with E-state index < -0.39 is 5.49 Å². The van der Waals surface area contributed by atoms with Gasteiger partial charge in [-0.25, -0.2) is 0 Å². The predicted octanol–water partition coefficient (Wildman–Crippen LogP) is 5.57. The first kappa shape index (κ1) is 41.9. The first-order chi connectivity index (χ1) is 21.8. The van der Waals surface area contributed by atoms with Crippen LogP contribution in [0.5, 0.6) is 0 Å². The van der Waals surface area contributed by atoms with Crippen molar-refractivity contribution < 1.29 is 47.8 Å². The van der Waals surface area contributed by atoms with Gasteiger partial charge in [0, 0.05) is 0 Å². The molecule has 0 amide bonds. The molecule has 0 fully saturated rings. The van der Waals surface area contributed by atoms with Crippen molar-refractivity contribution in [2.75, 3.05) is 0 Å². The van der Waals surface area contributed by atoms with Crippen LogP contribution in [0.4, 0.5) is 0 Å². The van der Waals surface area contributed by atoms with Gasteiger partial charge in [-0.15, -0.1) is 56.9 Å². The second kappa shape index (κ2) is 19.2. The maximum atomic E-state index is 2.39. The molecule has 6 aromatic carbocycles. The van der Waals surface area contributed by atoms with E-state index in [1.54, 1.807) is 0 Å². The molecule has 0 aliphatic heterocycles. The van der Waals surface area contributed by atoms with Crippen LogP contribution in [-0.4, -0.2) is 5.49 Å². The zero-order valence-electron chi connectivity index (χ0n) is 30.5. The van der Waals surface area contributed by atoms with E-state index in [4.69, 9.17) is 0 Å². The van der Waals surface area contributed by atoms with Crippen molar-refractivity contribution in [2.24, 2.45) is 0 Å². The molecule has 0 nitrogen and oxygen atoms in total. The van der Waals surface area contributed by atoms with E-state index in [1.165, 1.54) is 88.3 Å². The third kappa shape index (κ3) is 10.9. The Hall–Kier alpha value is -2.23. The molecule has 0 bridgehead atoms. The van der Waals surface area contributed by atoms with Gasteiger partial charge in [-0.3, -0.25) is 0 Å². The molecule has 4 heteroatoms. The summed E-state index contributed by atoms with van der Waals surface area (Å²) in [6.45, 7) is 22.5. The fourth-order valence-corrected chi connectivity index (χ4v) is 11.0. The molecule has 0 saturated carbocycles. The van der Waals surface area contributed by atoms with E-state index in [2.05, 4.69) is 178 Å². The van der Waals surface area contributed by atoms with Gasteiger partial charge >= 0.3 is 99.5 Å². The van der Waals surface area contributed by atoms with Gasteiger partial charge in [0.1, 0.15) is 0 Å². The Morgan fingerprint density at radius 1 is 0.479 bits per heavy atom. The standard InChI is InChI=1S/2C16H21.C12H10Si.2ClH.Hf/c2*1-10(2)13-8-14-6-12(5)7-16(14)15(9-13)11(3)4;1-3-7-11(8-4-1)13-12-9-5-2-6-10-12;;;/h2*6-11H,1-5H3;1-10H;2*1H;/q2*-1;;;;+2/p-2. The topological polar surface area (TPSA) is 0 Å². The van der Waals surface area contributed by atoms with Crippen LogP contribution in [0.1, 0.15) is 112 Å². The molecule has 0 aromatic heterocycles. The Bertz CT molecular complexity index is 1740. The second-order valence-corrected chi connectivity index (χ2v) is 21.3. The zero-order valence-corrected chi connectivity index (χ0v) is 36.6. The molecule has 0 atom stereocenters. The molecular weight excluding hydrogens is 806 g/mol. The molecule has 0 radical (unpaired) electrons. The van der Waals surface area contributed by atoms with Gasteiger partial charge in [-0.1, -0.05) is 104 Å². The van der Waals surface area contributed by atoms with E-state index in [1.807, 2.05) is 0 Å². The van der Waals surface area contributed by atoms with Gasteiger partial charge < -0.3 is 24.8 Å². The van der Waals surface area contributed by atoms with E-state index in [-0.39, 0.29) is 24.8 Å². The monoisotopic (exact) mass is 858 g/mol. The van der Waals surface area contributed by atoms with Gasteiger partial charge in [0.2, 0.25) is 0 Å². The van der Waals surface area contributed by atoms with Crippen molar-refractivity contribution in [3.05, 3.63) is 143 Å². The fraction of sp³-hybridized carbons (Fsp3) is 0.318. The Kier molecular flexibility index (Phi) is 16.8. The van der Waals surface area contributed by atoms with E-state index in [0.29, 0.717) is 23.7 Å². The quantitative estimate of drug-likeness (QED) is 0.152. The van der Waals surface area contributed by atoms with E-state index in [9.17, 15) is 0 Å². The summed E-state index contributed by atoms with van der Waals surface area (Å²) < 4.78 is 0. The SMILES string of the molecule is Cc1cc2c(C(C)C)cc(C(C)C)cc2[cH-]1.Cc1cc2c(C(C)C)cc(C(C)C)cc2[cH-]1.[Cl-].[Cl-].[Hf+2]=[Si](c1ccccc1)c1ccccc1. The van der Waals surface area contributed by atoms with Gasteiger partial charge in [0.25, 0.3) is 0 Å². The number of benzene rings is 4. The molecule has 0 aliphatic carbocycles. The zero-order chi connectivity index (χ0) is 33.5. The minimum atomic E-state index is -0.406.